The van der Waals surface area contributed by atoms with Crippen LogP contribution >= 0.6 is 27.7 Å². The SMILES string of the molecule is CCSC1=NC(C)(c2cccc(Br)c2)Cc2ccccc21. The Morgan fingerprint density at radius 2 is 2.00 bits per heavy atom. The van der Waals surface area contributed by atoms with E-state index in [1.807, 2.05) is 11.8 Å². The van der Waals surface area contributed by atoms with Gasteiger partial charge in [-0.1, -0.05) is 59.3 Å². The first kappa shape index (κ1) is 14.9. The normalized spacial score (nSPS) is 20.8. The number of aliphatic imine (C=N–C) groups is 1. The highest BCUT2D eigenvalue weighted by Gasteiger charge is 2.32. The fourth-order valence-electron chi connectivity index (χ4n) is 2.81. The molecule has 1 nitrogen and oxygen atoms in total. The van der Waals surface area contributed by atoms with Crippen LogP contribution < -0.4 is 0 Å². The molecule has 3 rings (SSSR count). The van der Waals surface area contributed by atoms with Crippen molar-refractivity contribution in [2.45, 2.75) is 25.8 Å². The van der Waals surface area contributed by atoms with Gasteiger partial charge in [-0.25, -0.2) is 0 Å². The highest BCUT2D eigenvalue weighted by molar-refractivity contribution is 9.10. The average Bonchev–Trinajstić information content (AvgIpc) is 2.47. The van der Waals surface area contributed by atoms with E-state index in [-0.39, 0.29) is 5.54 Å². The topological polar surface area (TPSA) is 12.4 Å². The molecule has 0 amide bonds. The highest BCUT2D eigenvalue weighted by Crippen LogP contribution is 2.38. The van der Waals surface area contributed by atoms with Gasteiger partial charge in [0.1, 0.15) is 0 Å². The van der Waals surface area contributed by atoms with Crippen molar-refractivity contribution in [2.24, 2.45) is 4.99 Å². The third-order valence-corrected chi connectivity index (χ3v) is 5.22. The monoisotopic (exact) mass is 359 g/mol. The molecule has 0 radical (unpaired) electrons. The molecule has 0 aliphatic carbocycles. The molecular weight excluding hydrogens is 342 g/mol. The molecule has 3 heteroatoms. The molecule has 1 heterocycles. The van der Waals surface area contributed by atoms with E-state index in [9.17, 15) is 0 Å². The zero-order valence-corrected chi connectivity index (χ0v) is 14.7. The van der Waals surface area contributed by atoms with Crippen LogP contribution in [-0.4, -0.2) is 10.8 Å². The van der Waals surface area contributed by atoms with Crippen molar-refractivity contribution in [3.8, 4) is 0 Å². The number of benzene rings is 2. The summed E-state index contributed by atoms with van der Waals surface area (Å²) in [4.78, 5) is 5.11. The Bertz CT molecular complexity index is 695. The Balaban J connectivity index is 2.11. The standard InChI is InChI=1S/C18H18BrNS/c1-3-21-17-16-10-5-4-7-13(16)12-18(2,20-17)14-8-6-9-15(19)11-14/h4-11H,3,12H2,1-2H3. The van der Waals surface area contributed by atoms with Crippen molar-refractivity contribution in [1.29, 1.82) is 0 Å². The summed E-state index contributed by atoms with van der Waals surface area (Å²) in [7, 11) is 0. The lowest BCUT2D eigenvalue weighted by atomic mass is 9.83. The van der Waals surface area contributed by atoms with Gasteiger partial charge in [0.25, 0.3) is 0 Å². The van der Waals surface area contributed by atoms with Crippen molar-refractivity contribution in [3.63, 3.8) is 0 Å². The van der Waals surface area contributed by atoms with E-state index in [4.69, 9.17) is 4.99 Å². The molecule has 0 spiro atoms. The molecular formula is C18H18BrNS. The summed E-state index contributed by atoms with van der Waals surface area (Å²) in [6, 6.07) is 17.2. The average molecular weight is 360 g/mol. The second-order valence-electron chi connectivity index (χ2n) is 5.47. The van der Waals surface area contributed by atoms with E-state index in [0.29, 0.717) is 0 Å². The molecule has 2 aromatic carbocycles. The van der Waals surface area contributed by atoms with Gasteiger partial charge in [-0.15, -0.1) is 11.8 Å². The minimum absolute atomic E-state index is 0.185. The van der Waals surface area contributed by atoms with Gasteiger partial charge in [0.15, 0.2) is 0 Å². The van der Waals surface area contributed by atoms with Crippen molar-refractivity contribution in [2.75, 3.05) is 5.75 Å². The maximum absolute atomic E-state index is 5.11. The molecule has 1 aliphatic heterocycles. The summed E-state index contributed by atoms with van der Waals surface area (Å²) in [5, 5.41) is 1.17. The third-order valence-electron chi connectivity index (χ3n) is 3.86. The molecule has 0 saturated heterocycles. The van der Waals surface area contributed by atoms with Crippen molar-refractivity contribution in [1.82, 2.24) is 0 Å². The van der Waals surface area contributed by atoms with Crippen LogP contribution in [0.2, 0.25) is 0 Å². The molecule has 0 saturated carbocycles. The Hall–Kier alpha value is -1.06. The Labute approximate surface area is 139 Å². The molecule has 2 aromatic rings. The van der Waals surface area contributed by atoms with Gasteiger partial charge in [-0.3, -0.25) is 4.99 Å². The summed E-state index contributed by atoms with van der Waals surface area (Å²) in [5.74, 6) is 1.04. The molecule has 0 bridgehead atoms. The third kappa shape index (κ3) is 2.95. The van der Waals surface area contributed by atoms with Crippen LogP contribution in [0, 0.1) is 0 Å². The molecule has 108 valence electrons. The quantitative estimate of drug-likeness (QED) is 0.697. The van der Waals surface area contributed by atoms with E-state index in [2.05, 4.69) is 78.3 Å². The maximum Gasteiger partial charge on any atom is 0.0990 e. The fraction of sp³-hybridized carbons (Fsp3) is 0.278. The first-order valence-electron chi connectivity index (χ1n) is 7.19. The number of thioether (sulfide) groups is 1. The summed E-state index contributed by atoms with van der Waals surface area (Å²) < 4.78 is 1.11. The van der Waals surface area contributed by atoms with Gasteiger partial charge >= 0.3 is 0 Å². The summed E-state index contributed by atoms with van der Waals surface area (Å²) in [6.07, 6.45) is 0.952. The zero-order chi connectivity index (χ0) is 14.9. The van der Waals surface area contributed by atoms with E-state index in [1.165, 1.54) is 21.7 Å². The Morgan fingerprint density at radius 1 is 1.19 bits per heavy atom. The van der Waals surface area contributed by atoms with Crippen LogP contribution in [-0.2, 0) is 12.0 Å². The van der Waals surface area contributed by atoms with Crippen molar-refractivity contribution >= 4 is 32.7 Å². The molecule has 0 fully saturated rings. The second-order valence-corrected chi connectivity index (χ2v) is 7.64. The Morgan fingerprint density at radius 3 is 2.76 bits per heavy atom. The van der Waals surface area contributed by atoms with Crippen LogP contribution in [0.1, 0.15) is 30.5 Å². The number of hydrogen-bond donors (Lipinski definition) is 0. The van der Waals surface area contributed by atoms with Gasteiger partial charge in [-0.05, 0) is 35.9 Å². The largest absolute Gasteiger partial charge is 0.266 e. The number of fused-ring (bicyclic) bond motifs is 1. The predicted molar refractivity (Wildman–Crippen MR) is 96.3 cm³/mol. The van der Waals surface area contributed by atoms with E-state index >= 15 is 0 Å². The lowest BCUT2D eigenvalue weighted by molar-refractivity contribution is 0.490. The maximum atomic E-state index is 5.11. The molecule has 1 aliphatic rings. The predicted octanol–water partition coefficient (Wildman–Crippen LogP) is 5.42. The van der Waals surface area contributed by atoms with Gasteiger partial charge < -0.3 is 0 Å². The molecule has 0 N–H and O–H groups in total. The minimum atomic E-state index is -0.185. The van der Waals surface area contributed by atoms with Crippen LogP contribution in [0.15, 0.2) is 58.0 Å². The summed E-state index contributed by atoms with van der Waals surface area (Å²) in [5.41, 5.74) is 3.78. The lowest BCUT2D eigenvalue weighted by Crippen LogP contribution is -2.29. The number of rotatable bonds is 2. The van der Waals surface area contributed by atoms with Crippen LogP contribution in [0.4, 0.5) is 0 Å². The first-order valence-corrected chi connectivity index (χ1v) is 8.97. The van der Waals surface area contributed by atoms with Crippen LogP contribution in [0.25, 0.3) is 0 Å². The van der Waals surface area contributed by atoms with E-state index in [0.717, 1.165) is 16.6 Å². The minimum Gasteiger partial charge on any atom is -0.266 e. The molecule has 0 aromatic heterocycles. The summed E-state index contributed by atoms with van der Waals surface area (Å²) >= 11 is 5.41. The van der Waals surface area contributed by atoms with E-state index < -0.39 is 0 Å². The van der Waals surface area contributed by atoms with E-state index in [1.54, 1.807) is 0 Å². The highest BCUT2D eigenvalue weighted by atomic mass is 79.9. The van der Waals surface area contributed by atoms with Gasteiger partial charge in [0, 0.05) is 16.5 Å². The van der Waals surface area contributed by atoms with Gasteiger partial charge in [0.2, 0.25) is 0 Å². The molecule has 21 heavy (non-hydrogen) atoms. The van der Waals surface area contributed by atoms with Gasteiger partial charge in [0.05, 0.1) is 10.6 Å². The van der Waals surface area contributed by atoms with Crippen LogP contribution in [0.5, 0.6) is 0 Å². The zero-order valence-electron chi connectivity index (χ0n) is 12.3. The second kappa shape index (κ2) is 5.98. The van der Waals surface area contributed by atoms with Crippen LogP contribution in [0.3, 0.4) is 0 Å². The first-order chi connectivity index (χ1) is 10.1. The number of halogens is 1. The molecule has 1 unspecified atom stereocenters. The fourth-order valence-corrected chi connectivity index (χ4v) is 4.11. The number of hydrogen-bond acceptors (Lipinski definition) is 2. The smallest absolute Gasteiger partial charge is 0.0990 e. The summed E-state index contributed by atoms with van der Waals surface area (Å²) in [6.45, 7) is 4.42. The van der Waals surface area contributed by atoms with Crippen molar-refractivity contribution in [3.05, 3.63) is 69.7 Å². The number of nitrogens with zero attached hydrogens (tertiary/aromatic N) is 1. The van der Waals surface area contributed by atoms with Gasteiger partial charge in [-0.2, -0.15) is 0 Å². The Kier molecular flexibility index (Phi) is 4.23. The van der Waals surface area contributed by atoms with Crippen molar-refractivity contribution < 1.29 is 0 Å². The lowest BCUT2D eigenvalue weighted by Gasteiger charge is -2.32. The molecule has 1 atom stereocenters.